The highest BCUT2D eigenvalue weighted by molar-refractivity contribution is 5.90. The molecule has 0 spiro atoms. The van der Waals surface area contributed by atoms with Crippen LogP contribution in [0.3, 0.4) is 0 Å². The lowest BCUT2D eigenvalue weighted by atomic mass is 10.1. The third-order valence-corrected chi connectivity index (χ3v) is 2.57. The molecule has 0 aromatic carbocycles. The van der Waals surface area contributed by atoms with Crippen LogP contribution in [-0.2, 0) is 20.0 Å². The van der Waals surface area contributed by atoms with E-state index in [0.717, 1.165) is 0 Å². The molecule has 0 aliphatic carbocycles. The number of carbonyl (C=O) groups is 1. The molecule has 1 heterocycles. The number of nitrogen functional groups attached to an aromatic ring is 1. The van der Waals surface area contributed by atoms with Gasteiger partial charge in [-0.1, -0.05) is 0 Å². The summed E-state index contributed by atoms with van der Waals surface area (Å²) in [6, 6.07) is 0. The Morgan fingerprint density at radius 1 is 1.25 bits per heavy atom. The quantitative estimate of drug-likeness (QED) is 0.598. The normalized spacial score (nSPS) is 11.4. The van der Waals surface area contributed by atoms with E-state index in [-0.39, 0.29) is 23.8 Å². The van der Waals surface area contributed by atoms with Crippen LogP contribution in [-0.4, -0.2) is 35.8 Å². The summed E-state index contributed by atoms with van der Waals surface area (Å²) in [4.78, 5) is 19.9. The van der Waals surface area contributed by atoms with E-state index in [0.29, 0.717) is 13.2 Å². The third kappa shape index (κ3) is 3.64. The maximum absolute atomic E-state index is 12.0. The van der Waals surface area contributed by atoms with Crippen LogP contribution in [0.1, 0.15) is 43.7 Å². The predicted molar refractivity (Wildman–Crippen MR) is 73.0 cm³/mol. The molecule has 7 nitrogen and oxygen atoms in total. The van der Waals surface area contributed by atoms with Crippen molar-refractivity contribution in [1.29, 1.82) is 0 Å². The zero-order valence-electron chi connectivity index (χ0n) is 12.3. The van der Waals surface area contributed by atoms with Crippen LogP contribution < -0.4 is 5.73 Å². The van der Waals surface area contributed by atoms with Gasteiger partial charge in [0.15, 0.2) is 0 Å². The fourth-order valence-corrected chi connectivity index (χ4v) is 1.83. The minimum atomic E-state index is -1.18. The molecule has 7 heteroatoms. The van der Waals surface area contributed by atoms with Crippen LogP contribution in [0.15, 0.2) is 6.20 Å². The summed E-state index contributed by atoms with van der Waals surface area (Å²) in [5, 5.41) is 0. The summed E-state index contributed by atoms with van der Waals surface area (Å²) in [6.07, 6.45) is 1.33. The molecule has 1 aromatic heterocycles. The summed E-state index contributed by atoms with van der Waals surface area (Å²) < 4.78 is 16.2. The van der Waals surface area contributed by atoms with Crippen LogP contribution in [0.25, 0.3) is 0 Å². The van der Waals surface area contributed by atoms with Gasteiger partial charge in [0, 0.05) is 19.4 Å². The number of hydrogen-bond acceptors (Lipinski definition) is 7. The van der Waals surface area contributed by atoms with Crippen molar-refractivity contribution in [2.75, 3.05) is 25.6 Å². The Bertz CT molecular complexity index is 459. The molecule has 0 saturated carbocycles. The number of anilines is 1. The molecule has 0 fully saturated rings. The summed E-state index contributed by atoms with van der Waals surface area (Å²) in [7, 11) is 0. The van der Waals surface area contributed by atoms with Gasteiger partial charge in [0.25, 0.3) is 0 Å². The van der Waals surface area contributed by atoms with Crippen molar-refractivity contribution in [3.63, 3.8) is 0 Å². The number of nitrogens with zero attached hydrogens (tertiary/aromatic N) is 2. The molecule has 0 amide bonds. The van der Waals surface area contributed by atoms with Crippen molar-refractivity contribution in [3.8, 4) is 0 Å². The van der Waals surface area contributed by atoms with Crippen molar-refractivity contribution < 1.29 is 19.0 Å². The Labute approximate surface area is 118 Å². The number of esters is 1. The SMILES string of the molecule is CCOC(=O)c1cnc(N)nc1C(C)(OCC)OCC. The first-order valence-electron chi connectivity index (χ1n) is 6.56. The first-order chi connectivity index (χ1) is 9.48. The minimum absolute atomic E-state index is 0.0404. The van der Waals surface area contributed by atoms with Gasteiger partial charge in [0.1, 0.15) is 11.3 Å². The highest BCUT2D eigenvalue weighted by Crippen LogP contribution is 2.28. The predicted octanol–water partition coefficient (Wildman–Crippen LogP) is 1.48. The summed E-state index contributed by atoms with van der Waals surface area (Å²) in [5.41, 5.74) is 6.06. The number of rotatable bonds is 7. The molecule has 0 radical (unpaired) electrons. The molecule has 0 aliphatic heterocycles. The van der Waals surface area contributed by atoms with E-state index in [1.165, 1.54) is 6.20 Å². The summed E-state index contributed by atoms with van der Waals surface area (Å²) in [6.45, 7) is 8.09. The van der Waals surface area contributed by atoms with Crippen LogP contribution in [0.5, 0.6) is 0 Å². The van der Waals surface area contributed by atoms with Crippen molar-refractivity contribution in [2.24, 2.45) is 0 Å². The van der Waals surface area contributed by atoms with E-state index in [2.05, 4.69) is 9.97 Å². The largest absolute Gasteiger partial charge is 0.462 e. The fraction of sp³-hybridized carbons (Fsp3) is 0.615. The van der Waals surface area contributed by atoms with Crippen LogP contribution in [0.2, 0.25) is 0 Å². The first kappa shape index (κ1) is 16.3. The monoisotopic (exact) mass is 283 g/mol. The maximum atomic E-state index is 12.0. The number of aromatic nitrogens is 2. The molecule has 0 aliphatic rings. The Hall–Kier alpha value is -1.73. The lowest BCUT2D eigenvalue weighted by Gasteiger charge is -2.29. The van der Waals surface area contributed by atoms with E-state index >= 15 is 0 Å². The van der Waals surface area contributed by atoms with Gasteiger partial charge in [-0.15, -0.1) is 0 Å². The molecule has 112 valence electrons. The van der Waals surface area contributed by atoms with Crippen molar-refractivity contribution in [3.05, 3.63) is 17.5 Å². The first-order valence-corrected chi connectivity index (χ1v) is 6.56. The van der Waals surface area contributed by atoms with E-state index < -0.39 is 11.8 Å². The molecule has 0 atom stereocenters. The second kappa shape index (κ2) is 7.16. The molecular formula is C13H21N3O4. The number of ether oxygens (including phenoxy) is 3. The molecule has 0 bridgehead atoms. The summed E-state index contributed by atoms with van der Waals surface area (Å²) >= 11 is 0. The molecule has 0 saturated heterocycles. The molecule has 0 unspecified atom stereocenters. The van der Waals surface area contributed by atoms with Gasteiger partial charge in [-0.3, -0.25) is 0 Å². The van der Waals surface area contributed by atoms with Gasteiger partial charge < -0.3 is 19.9 Å². The standard InChI is InChI=1S/C13H21N3O4/c1-5-18-11(17)9-8-15-12(14)16-10(9)13(4,19-6-2)20-7-3/h8H,5-7H2,1-4H3,(H2,14,15,16). The van der Waals surface area contributed by atoms with Gasteiger partial charge in [0.05, 0.1) is 6.61 Å². The Morgan fingerprint density at radius 2 is 1.85 bits per heavy atom. The van der Waals surface area contributed by atoms with E-state index in [1.807, 2.05) is 13.8 Å². The van der Waals surface area contributed by atoms with Crippen molar-refractivity contribution in [2.45, 2.75) is 33.5 Å². The van der Waals surface area contributed by atoms with Crippen LogP contribution in [0.4, 0.5) is 5.95 Å². The molecule has 2 N–H and O–H groups in total. The van der Waals surface area contributed by atoms with E-state index in [9.17, 15) is 4.79 Å². The Kier molecular flexibility index (Phi) is 5.84. The molecule has 1 rings (SSSR count). The minimum Gasteiger partial charge on any atom is -0.462 e. The highest BCUT2D eigenvalue weighted by Gasteiger charge is 2.35. The molecule has 20 heavy (non-hydrogen) atoms. The van der Waals surface area contributed by atoms with Crippen molar-refractivity contribution in [1.82, 2.24) is 9.97 Å². The van der Waals surface area contributed by atoms with Crippen molar-refractivity contribution >= 4 is 11.9 Å². The number of hydrogen-bond donors (Lipinski definition) is 1. The zero-order valence-corrected chi connectivity index (χ0v) is 12.3. The van der Waals surface area contributed by atoms with Gasteiger partial charge in [0.2, 0.25) is 11.7 Å². The van der Waals surface area contributed by atoms with E-state index in [4.69, 9.17) is 19.9 Å². The van der Waals surface area contributed by atoms with Crippen LogP contribution >= 0.6 is 0 Å². The van der Waals surface area contributed by atoms with E-state index in [1.54, 1.807) is 13.8 Å². The van der Waals surface area contributed by atoms with Gasteiger partial charge in [-0.05, 0) is 27.7 Å². The lowest BCUT2D eigenvalue weighted by molar-refractivity contribution is -0.232. The second-order valence-electron chi connectivity index (χ2n) is 4.02. The zero-order chi connectivity index (χ0) is 15.2. The molecular weight excluding hydrogens is 262 g/mol. The smallest absolute Gasteiger partial charge is 0.341 e. The maximum Gasteiger partial charge on any atom is 0.341 e. The number of carbonyl (C=O) groups excluding carboxylic acids is 1. The average molecular weight is 283 g/mol. The second-order valence-corrected chi connectivity index (χ2v) is 4.02. The topological polar surface area (TPSA) is 96.6 Å². The Morgan fingerprint density at radius 3 is 2.35 bits per heavy atom. The average Bonchev–Trinajstić information content (AvgIpc) is 2.39. The van der Waals surface area contributed by atoms with Gasteiger partial charge in [-0.2, -0.15) is 0 Å². The summed E-state index contributed by atoms with van der Waals surface area (Å²) in [5.74, 6) is -1.67. The number of nitrogens with two attached hydrogens (primary N) is 1. The fourth-order valence-electron chi connectivity index (χ4n) is 1.83. The Balaban J connectivity index is 3.31. The van der Waals surface area contributed by atoms with Gasteiger partial charge >= 0.3 is 5.97 Å². The molecule has 1 aromatic rings. The lowest BCUT2D eigenvalue weighted by Crippen LogP contribution is -2.34. The highest BCUT2D eigenvalue weighted by atomic mass is 16.7. The third-order valence-electron chi connectivity index (χ3n) is 2.57. The van der Waals surface area contributed by atoms with Gasteiger partial charge in [-0.25, -0.2) is 14.8 Å². The van der Waals surface area contributed by atoms with Crippen LogP contribution in [0, 0.1) is 0 Å².